The second kappa shape index (κ2) is 5.87. The first-order valence-corrected chi connectivity index (χ1v) is 7.37. The van der Waals surface area contributed by atoms with Gasteiger partial charge in [-0.25, -0.2) is 0 Å². The largest absolute Gasteiger partial charge is 0.309 e. The lowest BCUT2D eigenvalue weighted by Crippen LogP contribution is -2.17. The van der Waals surface area contributed by atoms with E-state index in [4.69, 9.17) is 11.6 Å². The number of aryl methyl sites for hydroxylation is 2. The Bertz CT molecular complexity index is 533. The third-order valence-electron chi connectivity index (χ3n) is 3.14. The van der Waals surface area contributed by atoms with Crippen LogP contribution in [-0.2, 0) is 6.42 Å². The molecule has 1 N–H and O–H groups in total. The van der Waals surface area contributed by atoms with E-state index in [0.29, 0.717) is 0 Å². The molecule has 0 aliphatic carbocycles. The first-order chi connectivity index (χ1) is 8.67. The normalized spacial score (nSPS) is 12.7. The monoisotopic (exact) mass is 279 g/mol. The number of hydrogen-bond donors (Lipinski definition) is 1. The van der Waals surface area contributed by atoms with Crippen LogP contribution in [0.15, 0.2) is 30.3 Å². The number of nitrogens with one attached hydrogen (secondary N) is 1. The van der Waals surface area contributed by atoms with Gasteiger partial charge in [0.15, 0.2) is 0 Å². The molecule has 0 saturated heterocycles. The predicted octanol–water partition coefficient (Wildman–Crippen LogP) is 4.58. The van der Waals surface area contributed by atoms with Gasteiger partial charge in [-0.15, -0.1) is 11.3 Å². The summed E-state index contributed by atoms with van der Waals surface area (Å²) in [6, 6.07) is 10.8. The summed E-state index contributed by atoms with van der Waals surface area (Å²) in [5.41, 5.74) is 2.28. The van der Waals surface area contributed by atoms with Crippen LogP contribution in [-0.4, -0.2) is 7.05 Å². The highest BCUT2D eigenvalue weighted by Gasteiger charge is 2.17. The van der Waals surface area contributed by atoms with Crippen LogP contribution in [0, 0.1) is 6.92 Å². The van der Waals surface area contributed by atoms with Gasteiger partial charge in [0.25, 0.3) is 0 Å². The number of benzene rings is 1. The Morgan fingerprint density at radius 3 is 2.67 bits per heavy atom. The van der Waals surface area contributed by atoms with Crippen LogP contribution < -0.4 is 5.32 Å². The van der Waals surface area contributed by atoms with Gasteiger partial charge >= 0.3 is 0 Å². The van der Waals surface area contributed by atoms with E-state index in [1.54, 1.807) is 0 Å². The van der Waals surface area contributed by atoms with Gasteiger partial charge in [0.05, 0.1) is 6.04 Å². The van der Waals surface area contributed by atoms with Crippen LogP contribution in [0.1, 0.15) is 33.8 Å². The van der Waals surface area contributed by atoms with Crippen molar-refractivity contribution in [2.24, 2.45) is 0 Å². The van der Waals surface area contributed by atoms with Gasteiger partial charge in [0.2, 0.25) is 0 Å². The molecule has 18 heavy (non-hydrogen) atoms. The Labute approximate surface area is 118 Å². The minimum atomic E-state index is 0.183. The minimum absolute atomic E-state index is 0.183. The van der Waals surface area contributed by atoms with Crippen molar-refractivity contribution in [3.8, 4) is 0 Å². The summed E-state index contributed by atoms with van der Waals surface area (Å²) < 4.78 is 0. The van der Waals surface area contributed by atoms with E-state index in [1.165, 1.54) is 9.75 Å². The molecule has 3 heteroatoms. The van der Waals surface area contributed by atoms with Crippen molar-refractivity contribution in [2.75, 3.05) is 7.05 Å². The maximum atomic E-state index is 6.42. The Hall–Kier alpha value is -0.830. The number of halogens is 1. The highest BCUT2D eigenvalue weighted by Crippen LogP contribution is 2.33. The zero-order chi connectivity index (χ0) is 13.1. The van der Waals surface area contributed by atoms with Crippen molar-refractivity contribution >= 4 is 22.9 Å². The summed E-state index contributed by atoms with van der Waals surface area (Å²) in [4.78, 5) is 2.73. The third-order valence-corrected chi connectivity index (χ3v) is 4.95. The third kappa shape index (κ3) is 2.61. The fraction of sp³-hybridized carbons (Fsp3) is 0.333. The fourth-order valence-electron chi connectivity index (χ4n) is 2.08. The van der Waals surface area contributed by atoms with E-state index in [9.17, 15) is 0 Å². The molecule has 0 aliphatic heterocycles. The van der Waals surface area contributed by atoms with E-state index in [-0.39, 0.29) is 6.04 Å². The van der Waals surface area contributed by atoms with Crippen molar-refractivity contribution in [1.82, 2.24) is 5.32 Å². The van der Waals surface area contributed by atoms with Gasteiger partial charge in [-0.2, -0.15) is 0 Å². The van der Waals surface area contributed by atoms with E-state index in [1.807, 2.05) is 31.4 Å². The molecular formula is C15H18ClNS. The average Bonchev–Trinajstić information content (AvgIpc) is 2.84. The lowest BCUT2D eigenvalue weighted by atomic mass is 10.0. The topological polar surface area (TPSA) is 12.0 Å². The standard InChI is InChI=1S/C15H18ClNS/c1-4-11-8-9-13(18-11)15(17-3)12-7-5-6-10(2)14(12)16/h5-9,15,17H,4H2,1-3H3. The van der Waals surface area contributed by atoms with Crippen LogP contribution >= 0.6 is 22.9 Å². The van der Waals surface area contributed by atoms with Gasteiger partial charge in [-0.1, -0.05) is 36.7 Å². The van der Waals surface area contributed by atoms with Crippen molar-refractivity contribution in [2.45, 2.75) is 26.3 Å². The summed E-state index contributed by atoms with van der Waals surface area (Å²) >= 11 is 8.28. The van der Waals surface area contributed by atoms with Crippen LogP contribution in [0.5, 0.6) is 0 Å². The second-order valence-corrected chi connectivity index (χ2v) is 5.94. The molecule has 0 saturated carbocycles. The van der Waals surface area contributed by atoms with Crippen LogP contribution in [0.2, 0.25) is 5.02 Å². The van der Waals surface area contributed by atoms with Crippen LogP contribution in [0.25, 0.3) is 0 Å². The molecular weight excluding hydrogens is 262 g/mol. The Balaban J connectivity index is 2.41. The Morgan fingerprint density at radius 1 is 1.28 bits per heavy atom. The zero-order valence-corrected chi connectivity index (χ0v) is 12.5. The van der Waals surface area contributed by atoms with Crippen molar-refractivity contribution in [1.29, 1.82) is 0 Å². The Kier molecular flexibility index (Phi) is 4.44. The molecule has 1 aromatic carbocycles. The predicted molar refractivity (Wildman–Crippen MR) is 80.8 cm³/mol. The fourth-order valence-corrected chi connectivity index (χ4v) is 3.40. The quantitative estimate of drug-likeness (QED) is 0.864. The molecule has 2 aromatic rings. The van der Waals surface area contributed by atoms with E-state index >= 15 is 0 Å². The van der Waals surface area contributed by atoms with Crippen LogP contribution in [0.3, 0.4) is 0 Å². The molecule has 96 valence electrons. The summed E-state index contributed by atoms with van der Waals surface area (Å²) in [5, 5.41) is 4.23. The van der Waals surface area contributed by atoms with Crippen molar-refractivity contribution in [3.63, 3.8) is 0 Å². The zero-order valence-electron chi connectivity index (χ0n) is 11.0. The highest BCUT2D eigenvalue weighted by molar-refractivity contribution is 7.12. The number of hydrogen-bond acceptors (Lipinski definition) is 2. The first-order valence-electron chi connectivity index (χ1n) is 6.18. The lowest BCUT2D eigenvalue weighted by molar-refractivity contribution is 0.703. The van der Waals surface area contributed by atoms with Crippen molar-refractivity contribution < 1.29 is 0 Å². The molecule has 1 unspecified atom stereocenters. The second-order valence-electron chi connectivity index (χ2n) is 4.36. The average molecular weight is 280 g/mol. The Morgan fingerprint density at radius 2 is 2.06 bits per heavy atom. The van der Waals surface area contributed by atoms with Crippen molar-refractivity contribution in [3.05, 3.63) is 56.2 Å². The molecule has 1 aromatic heterocycles. The maximum Gasteiger partial charge on any atom is 0.0683 e. The summed E-state index contributed by atoms with van der Waals surface area (Å²) in [6.45, 7) is 4.23. The van der Waals surface area contributed by atoms with E-state index in [0.717, 1.165) is 22.6 Å². The maximum absolute atomic E-state index is 6.42. The molecule has 0 spiro atoms. The number of thiophene rings is 1. The van der Waals surface area contributed by atoms with Gasteiger partial charge in [0, 0.05) is 14.8 Å². The molecule has 0 bridgehead atoms. The molecule has 0 amide bonds. The smallest absolute Gasteiger partial charge is 0.0683 e. The molecule has 0 fully saturated rings. The minimum Gasteiger partial charge on any atom is -0.309 e. The molecule has 1 atom stereocenters. The summed E-state index contributed by atoms with van der Waals surface area (Å²) in [7, 11) is 1.98. The SMILES string of the molecule is CCc1ccc(C(NC)c2cccc(C)c2Cl)s1. The van der Waals surface area contributed by atoms with Crippen LogP contribution in [0.4, 0.5) is 0 Å². The molecule has 1 nitrogen and oxygen atoms in total. The van der Waals surface area contributed by atoms with Gasteiger partial charge in [-0.3, -0.25) is 0 Å². The molecule has 0 aliphatic rings. The lowest BCUT2D eigenvalue weighted by Gasteiger charge is -2.17. The number of rotatable bonds is 4. The molecule has 1 heterocycles. The summed E-state index contributed by atoms with van der Waals surface area (Å²) in [5.74, 6) is 0. The molecule has 0 radical (unpaired) electrons. The van der Waals surface area contributed by atoms with E-state index in [2.05, 4.69) is 36.5 Å². The summed E-state index contributed by atoms with van der Waals surface area (Å²) in [6.07, 6.45) is 1.09. The van der Waals surface area contributed by atoms with Gasteiger partial charge in [-0.05, 0) is 43.7 Å². The first kappa shape index (κ1) is 13.6. The van der Waals surface area contributed by atoms with Gasteiger partial charge < -0.3 is 5.32 Å². The van der Waals surface area contributed by atoms with E-state index < -0.39 is 0 Å². The highest BCUT2D eigenvalue weighted by atomic mass is 35.5. The van der Waals surface area contributed by atoms with Gasteiger partial charge in [0.1, 0.15) is 0 Å². The molecule has 2 rings (SSSR count).